The summed E-state index contributed by atoms with van der Waals surface area (Å²) in [4.78, 5) is 0. The third-order valence-corrected chi connectivity index (χ3v) is 6.67. The zero-order chi connectivity index (χ0) is 24.8. The van der Waals surface area contributed by atoms with Gasteiger partial charge in [0, 0.05) is 17.0 Å². The molecule has 1 fully saturated rings. The minimum Gasteiger partial charge on any atom is -0.352 e. The fourth-order valence-corrected chi connectivity index (χ4v) is 4.56. The molecule has 0 radical (unpaired) electrons. The van der Waals surface area contributed by atoms with Gasteiger partial charge in [0.2, 0.25) is 0 Å². The predicted octanol–water partition coefficient (Wildman–Crippen LogP) is 8.43. The van der Waals surface area contributed by atoms with E-state index in [4.69, 9.17) is 9.47 Å². The van der Waals surface area contributed by atoms with Crippen LogP contribution in [0.5, 0.6) is 0 Å². The topological polar surface area (TPSA) is 18.5 Å². The lowest BCUT2D eigenvalue weighted by Gasteiger charge is -2.29. The smallest absolute Gasteiger partial charge is 0.166 e. The zero-order valence-electron chi connectivity index (χ0n) is 20.5. The maximum atomic E-state index is 15.0. The van der Waals surface area contributed by atoms with E-state index in [1.54, 1.807) is 42.5 Å². The molecule has 35 heavy (non-hydrogen) atoms. The largest absolute Gasteiger partial charge is 0.352 e. The average Bonchev–Trinajstić information content (AvgIpc) is 2.88. The zero-order valence-corrected chi connectivity index (χ0v) is 20.5. The lowest BCUT2D eigenvalue weighted by atomic mass is 9.94. The van der Waals surface area contributed by atoms with E-state index < -0.39 is 11.6 Å². The fourth-order valence-electron chi connectivity index (χ4n) is 4.56. The van der Waals surface area contributed by atoms with Crippen molar-refractivity contribution >= 4 is 0 Å². The van der Waals surface area contributed by atoms with E-state index >= 15 is 4.39 Å². The molecule has 0 N–H and O–H groups in total. The highest BCUT2D eigenvalue weighted by Crippen LogP contribution is 2.32. The number of benzene rings is 3. The summed E-state index contributed by atoms with van der Waals surface area (Å²) in [6.07, 6.45) is 5.06. The van der Waals surface area contributed by atoms with Crippen LogP contribution in [0.15, 0.2) is 54.6 Å². The molecule has 1 heterocycles. The minimum atomic E-state index is -0.833. The second-order valence-corrected chi connectivity index (χ2v) is 9.26. The van der Waals surface area contributed by atoms with Gasteiger partial charge < -0.3 is 9.47 Å². The Morgan fingerprint density at radius 1 is 0.743 bits per heavy atom. The highest BCUT2D eigenvalue weighted by molar-refractivity contribution is 5.71. The third-order valence-electron chi connectivity index (χ3n) is 6.67. The van der Waals surface area contributed by atoms with Gasteiger partial charge in [-0.2, -0.15) is 0 Å². The Labute approximate surface area is 206 Å². The summed E-state index contributed by atoms with van der Waals surface area (Å²) in [7, 11) is 0. The van der Waals surface area contributed by atoms with Crippen molar-refractivity contribution in [2.45, 2.75) is 64.6 Å². The summed E-state index contributed by atoms with van der Waals surface area (Å²) in [5.41, 5.74) is 3.15. The Morgan fingerprint density at radius 2 is 1.40 bits per heavy atom. The summed E-state index contributed by atoms with van der Waals surface area (Å²) in [5, 5.41) is 0. The Bertz CT molecular complexity index is 1120. The molecular formula is C30H33F3O2. The van der Waals surface area contributed by atoms with E-state index in [1.807, 2.05) is 6.07 Å². The van der Waals surface area contributed by atoms with Crippen molar-refractivity contribution in [1.82, 2.24) is 0 Å². The SMILES string of the molecule is CCCCCc1ccc(-c2ccc(-c3ccc(C4COC(CCC)OC4)cc3F)cc2)c(F)c1F. The molecule has 0 amide bonds. The van der Waals surface area contributed by atoms with Gasteiger partial charge in [-0.1, -0.05) is 81.6 Å². The molecule has 1 aliphatic rings. The van der Waals surface area contributed by atoms with Crippen molar-refractivity contribution in [3.63, 3.8) is 0 Å². The predicted molar refractivity (Wildman–Crippen MR) is 134 cm³/mol. The molecular weight excluding hydrogens is 449 g/mol. The molecule has 186 valence electrons. The van der Waals surface area contributed by atoms with Gasteiger partial charge in [-0.25, -0.2) is 13.2 Å². The van der Waals surface area contributed by atoms with Crippen molar-refractivity contribution in [2.75, 3.05) is 13.2 Å². The van der Waals surface area contributed by atoms with Crippen LogP contribution in [-0.4, -0.2) is 19.5 Å². The quantitative estimate of drug-likeness (QED) is 0.285. The molecule has 3 aromatic rings. The molecule has 0 atom stereocenters. The monoisotopic (exact) mass is 482 g/mol. The van der Waals surface area contributed by atoms with Gasteiger partial charge in [-0.3, -0.25) is 0 Å². The average molecular weight is 483 g/mol. The molecule has 1 aliphatic heterocycles. The summed E-state index contributed by atoms with van der Waals surface area (Å²) in [6, 6.07) is 15.4. The molecule has 0 unspecified atom stereocenters. The van der Waals surface area contributed by atoms with Crippen molar-refractivity contribution < 1.29 is 22.6 Å². The normalized spacial score (nSPS) is 18.1. The van der Waals surface area contributed by atoms with Crippen molar-refractivity contribution in [3.05, 3.63) is 83.2 Å². The first kappa shape index (κ1) is 25.5. The van der Waals surface area contributed by atoms with Crippen LogP contribution < -0.4 is 0 Å². The summed E-state index contributed by atoms with van der Waals surface area (Å²) in [6.45, 7) is 5.18. The van der Waals surface area contributed by atoms with Gasteiger partial charge in [0.05, 0.1) is 13.2 Å². The summed E-state index contributed by atoms with van der Waals surface area (Å²) in [5.74, 6) is -1.95. The molecule has 3 aromatic carbocycles. The highest BCUT2D eigenvalue weighted by Gasteiger charge is 2.24. The number of halogens is 3. The Morgan fingerprint density at radius 3 is 2.03 bits per heavy atom. The number of aryl methyl sites for hydroxylation is 1. The highest BCUT2D eigenvalue weighted by atomic mass is 19.2. The maximum absolute atomic E-state index is 15.0. The van der Waals surface area contributed by atoms with Gasteiger partial charge >= 0.3 is 0 Å². The van der Waals surface area contributed by atoms with Gasteiger partial charge in [-0.15, -0.1) is 0 Å². The van der Waals surface area contributed by atoms with Crippen LogP contribution in [0, 0.1) is 17.5 Å². The first-order chi connectivity index (χ1) is 17.0. The van der Waals surface area contributed by atoms with E-state index in [9.17, 15) is 8.78 Å². The van der Waals surface area contributed by atoms with E-state index in [0.29, 0.717) is 41.9 Å². The molecule has 0 spiro atoms. The van der Waals surface area contributed by atoms with E-state index in [1.165, 1.54) is 6.07 Å². The second kappa shape index (κ2) is 11.9. The summed E-state index contributed by atoms with van der Waals surface area (Å²) >= 11 is 0. The van der Waals surface area contributed by atoms with Crippen LogP contribution in [0.4, 0.5) is 13.2 Å². The van der Waals surface area contributed by atoms with Crippen LogP contribution >= 0.6 is 0 Å². The number of unbranched alkanes of at least 4 members (excludes halogenated alkanes) is 2. The molecule has 0 bridgehead atoms. The molecule has 1 saturated heterocycles. The molecule has 0 aliphatic carbocycles. The Kier molecular flexibility index (Phi) is 8.64. The molecule has 2 nitrogen and oxygen atoms in total. The molecule has 5 heteroatoms. The minimum absolute atomic E-state index is 0.00292. The van der Waals surface area contributed by atoms with Crippen LogP contribution in [0.25, 0.3) is 22.3 Å². The second-order valence-electron chi connectivity index (χ2n) is 9.26. The van der Waals surface area contributed by atoms with E-state index in [-0.39, 0.29) is 23.6 Å². The first-order valence-electron chi connectivity index (χ1n) is 12.6. The van der Waals surface area contributed by atoms with E-state index in [0.717, 1.165) is 37.7 Å². The third kappa shape index (κ3) is 5.96. The van der Waals surface area contributed by atoms with Crippen molar-refractivity contribution in [2.24, 2.45) is 0 Å². The van der Waals surface area contributed by atoms with E-state index in [2.05, 4.69) is 13.8 Å². The number of rotatable bonds is 9. The molecule has 4 rings (SSSR count). The maximum Gasteiger partial charge on any atom is 0.166 e. The van der Waals surface area contributed by atoms with Gasteiger partial charge in [0.25, 0.3) is 0 Å². The lowest BCUT2D eigenvalue weighted by molar-refractivity contribution is -0.189. The van der Waals surface area contributed by atoms with Gasteiger partial charge in [0.15, 0.2) is 17.9 Å². The van der Waals surface area contributed by atoms with Gasteiger partial charge in [0.1, 0.15) is 5.82 Å². The Balaban J connectivity index is 1.48. The number of ether oxygens (including phenoxy) is 2. The van der Waals surface area contributed by atoms with Crippen LogP contribution in [0.3, 0.4) is 0 Å². The summed E-state index contributed by atoms with van der Waals surface area (Å²) < 4.78 is 55.9. The van der Waals surface area contributed by atoms with Gasteiger partial charge in [-0.05, 0) is 47.6 Å². The Hall–Kier alpha value is -2.63. The van der Waals surface area contributed by atoms with Crippen LogP contribution in [0.2, 0.25) is 0 Å². The molecule has 0 aromatic heterocycles. The first-order valence-corrected chi connectivity index (χ1v) is 12.6. The molecule has 0 saturated carbocycles. The van der Waals surface area contributed by atoms with Crippen molar-refractivity contribution in [1.29, 1.82) is 0 Å². The standard InChI is InChI=1S/C30H33F3O2/c1-3-5-6-8-22-13-16-26(30(33)29(22)32)21-11-9-20(10-12-21)25-15-14-23(17-27(25)31)24-18-34-28(7-4-2)35-19-24/h9-17,24,28H,3-8,18-19H2,1-2H3. The van der Waals surface area contributed by atoms with Crippen LogP contribution in [0.1, 0.15) is 63.0 Å². The number of hydrogen-bond donors (Lipinski definition) is 0. The fraction of sp³-hybridized carbons (Fsp3) is 0.400. The van der Waals surface area contributed by atoms with Crippen molar-refractivity contribution in [3.8, 4) is 22.3 Å². The number of hydrogen-bond acceptors (Lipinski definition) is 2. The lowest BCUT2D eigenvalue weighted by Crippen LogP contribution is -2.30. The van der Waals surface area contributed by atoms with Crippen LogP contribution in [-0.2, 0) is 15.9 Å².